The molecular weight excluding hydrogens is 339 g/mol. The van der Waals surface area contributed by atoms with Crippen LogP contribution in [0.4, 0.5) is 0 Å². The lowest BCUT2D eigenvalue weighted by molar-refractivity contribution is 0.0911. The number of methoxy groups -OCH3 is 2. The minimum absolute atomic E-state index is 0.0946. The van der Waals surface area contributed by atoms with Crippen LogP contribution in [0, 0.1) is 0 Å². The number of halogens is 1. The molecule has 0 bridgehead atoms. The molecule has 0 saturated heterocycles. The minimum atomic E-state index is -0.389. The highest BCUT2D eigenvalue weighted by Crippen LogP contribution is 2.44. The van der Waals surface area contributed by atoms with Crippen molar-refractivity contribution in [3.8, 4) is 11.5 Å². The van der Waals surface area contributed by atoms with Crippen molar-refractivity contribution in [2.24, 2.45) is 0 Å². The summed E-state index contributed by atoms with van der Waals surface area (Å²) in [6.45, 7) is 0. The van der Waals surface area contributed by atoms with E-state index >= 15 is 0 Å². The lowest BCUT2D eigenvalue weighted by Crippen LogP contribution is -2.34. The average molecular weight is 359 g/mol. The highest BCUT2D eigenvalue weighted by atomic mass is 79.9. The quantitative estimate of drug-likeness (QED) is 0.596. The Morgan fingerprint density at radius 1 is 1.20 bits per heavy atom. The zero-order chi connectivity index (χ0) is 14.8. The smallest absolute Gasteiger partial charge is 0.180 e. The van der Waals surface area contributed by atoms with Crippen LogP contribution in [0.3, 0.4) is 0 Å². The van der Waals surface area contributed by atoms with Crippen LogP contribution in [0.15, 0.2) is 16.6 Å². The highest BCUT2D eigenvalue weighted by molar-refractivity contribution is 9.10. The van der Waals surface area contributed by atoms with Crippen LogP contribution >= 0.6 is 25.2 Å². The summed E-state index contributed by atoms with van der Waals surface area (Å²) in [4.78, 5) is 13.0. The standard InChI is InChI=1S/C15H20BrO3P/c1-18-11-7-6-10(16)13(19-2)12(11)14(17)15(20)8-4-3-5-9-15/h6-7H,3-5,8-9,20H2,1-2H3. The monoisotopic (exact) mass is 358 g/mol. The molecule has 0 radical (unpaired) electrons. The largest absolute Gasteiger partial charge is 0.496 e. The Hall–Kier alpha value is -0.600. The lowest BCUT2D eigenvalue weighted by Gasteiger charge is -2.32. The van der Waals surface area contributed by atoms with Gasteiger partial charge in [0.05, 0.1) is 18.7 Å². The molecule has 110 valence electrons. The summed E-state index contributed by atoms with van der Waals surface area (Å²) < 4.78 is 11.6. The predicted molar refractivity (Wildman–Crippen MR) is 87.1 cm³/mol. The number of rotatable bonds is 4. The maximum Gasteiger partial charge on any atom is 0.180 e. The second-order valence-electron chi connectivity index (χ2n) is 5.20. The first-order chi connectivity index (χ1) is 9.53. The molecule has 1 aromatic carbocycles. The summed E-state index contributed by atoms with van der Waals surface area (Å²) in [6.07, 6.45) is 5.18. The summed E-state index contributed by atoms with van der Waals surface area (Å²) in [7, 11) is 5.93. The first-order valence-corrected chi connectivity index (χ1v) is 8.14. The zero-order valence-corrected chi connectivity index (χ0v) is 14.6. The summed E-state index contributed by atoms with van der Waals surface area (Å²) in [5.74, 6) is 1.22. The van der Waals surface area contributed by atoms with E-state index in [0.717, 1.165) is 30.2 Å². The van der Waals surface area contributed by atoms with Crippen molar-refractivity contribution in [3.63, 3.8) is 0 Å². The fourth-order valence-electron chi connectivity index (χ4n) is 2.78. The van der Waals surface area contributed by atoms with Crippen LogP contribution in [-0.2, 0) is 0 Å². The van der Waals surface area contributed by atoms with E-state index in [0.29, 0.717) is 17.1 Å². The number of ether oxygens (including phenoxy) is 2. The normalized spacial score (nSPS) is 17.6. The summed E-state index contributed by atoms with van der Waals surface area (Å²) in [5.41, 5.74) is 0.543. The second kappa shape index (κ2) is 6.44. The van der Waals surface area contributed by atoms with Crippen LogP contribution in [0.1, 0.15) is 42.5 Å². The third-order valence-corrected chi connectivity index (χ3v) is 5.38. The van der Waals surface area contributed by atoms with E-state index in [1.54, 1.807) is 20.3 Å². The van der Waals surface area contributed by atoms with Crippen LogP contribution in [-0.4, -0.2) is 25.2 Å². The molecule has 1 aliphatic rings. The second-order valence-corrected chi connectivity index (χ2v) is 7.16. The summed E-state index contributed by atoms with van der Waals surface area (Å²) >= 11 is 3.44. The van der Waals surface area contributed by atoms with Crippen molar-refractivity contribution in [2.45, 2.75) is 37.3 Å². The Morgan fingerprint density at radius 2 is 1.85 bits per heavy atom. The fraction of sp³-hybridized carbons (Fsp3) is 0.533. The van der Waals surface area contributed by atoms with Gasteiger partial charge < -0.3 is 9.47 Å². The molecule has 1 saturated carbocycles. The highest BCUT2D eigenvalue weighted by Gasteiger charge is 2.38. The van der Waals surface area contributed by atoms with Gasteiger partial charge in [0.25, 0.3) is 0 Å². The third-order valence-electron chi connectivity index (χ3n) is 3.92. The van der Waals surface area contributed by atoms with Gasteiger partial charge in [0, 0.05) is 5.16 Å². The van der Waals surface area contributed by atoms with Crippen molar-refractivity contribution in [1.82, 2.24) is 0 Å². The first-order valence-electron chi connectivity index (χ1n) is 6.77. The van der Waals surface area contributed by atoms with Gasteiger partial charge in [-0.3, -0.25) is 4.79 Å². The molecule has 20 heavy (non-hydrogen) atoms. The number of Topliss-reactive ketones (excluding diaryl/α,β-unsaturated/α-hetero) is 1. The van der Waals surface area contributed by atoms with E-state index in [9.17, 15) is 4.79 Å². The van der Waals surface area contributed by atoms with Crippen molar-refractivity contribution in [3.05, 3.63) is 22.2 Å². The van der Waals surface area contributed by atoms with E-state index in [2.05, 4.69) is 25.2 Å². The van der Waals surface area contributed by atoms with Crippen LogP contribution in [0.5, 0.6) is 11.5 Å². The van der Waals surface area contributed by atoms with E-state index in [-0.39, 0.29) is 10.9 Å². The Bertz CT molecular complexity index is 510. The molecule has 1 unspecified atom stereocenters. The molecule has 0 aromatic heterocycles. The van der Waals surface area contributed by atoms with Crippen LogP contribution in [0.2, 0.25) is 0 Å². The molecule has 0 amide bonds. The van der Waals surface area contributed by atoms with Gasteiger partial charge in [-0.2, -0.15) is 0 Å². The molecule has 1 atom stereocenters. The zero-order valence-electron chi connectivity index (χ0n) is 11.9. The number of carbonyl (C=O) groups is 1. The van der Waals surface area contributed by atoms with E-state index in [1.807, 2.05) is 6.07 Å². The number of hydrogen-bond acceptors (Lipinski definition) is 3. The lowest BCUT2D eigenvalue weighted by atomic mass is 9.82. The minimum Gasteiger partial charge on any atom is -0.496 e. The Kier molecular flexibility index (Phi) is 5.09. The van der Waals surface area contributed by atoms with Gasteiger partial charge >= 0.3 is 0 Å². The van der Waals surface area contributed by atoms with Crippen molar-refractivity contribution >= 4 is 31.0 Å². The number of ketones is 1. The Balaban J connectivity index is 2.50. The van der Waals surface area contributed by atoms with Gasteiger partial charge in [-0.25, -0.2) is 0 Å². The fourth-order valence-corrected chi connectivity index (χ4v) is 3.83. The molecule has 2 rings (SSSR count). The maximum absolute atomic E-state index is 13.0. The maximum atomic E-state index is 13.0. The van der Waals surface area contributed by atoms with Crippen LogP contribution in [0.25, 0.3) is 0 Å². The first kappa shape index (κ1) is 15.8. The summed E-state index contributed by atoms with van der Waals surface area (Å²) in [5, 5.41) is -0.389. The third kappa shape index (κ3) is 2.87. The number of benzene rings is 1. The molecule has 0 heterocycles. The van der Waals surface area contributed by atoms with Crippen molar-refractivity contribution in [2.75, 3.05) is 14.2 Å². The molecule has 0 spiro atoms. The Morgan fingerprint density at radius 3 is 2.40 bits per heavy atom. The van der Waals surface area contributed by atoms with E-state index < -0.39 is 0 Å². The molecular formula is C15H20BrO3P. The van der Waals surface area contributed by atoms with Gasteiger partial charge in [-0.05, 0) is 40.9 Å². The summed E-state index contributed by atoms with van der Waals surface area (Å²) in [6, 6.07) is 3.64. The van der Waals surface area contributed by atoms with Crippen molar-refractivity contribution < 1.29 is 14.3 Å². The molecule has 1 fully saturated rings. The average Bonchev–Trinajstić information content (AvgIpc) is 2.46. The number of hydrogen-bond donors (Lipinski definition) is 0. The number of carbonyl (C=O) groups excluding carboxylic acids is 1. The molecule has 0 N–H and O–H groups in total. The topological polar surface area (TPSA) is 35.5 Å². The van der Waals surface area contributed by atoms with Gasteiger partial charge in [0.2, 0.25) is 0 Å². The SMILES string of the molecule is COc1ccc(Br)c(OC)c1C(=O)C1(P)CCCCC1. The van der Waals surface area contributed by atoms with Crippen LogP contribution < -0.4 is 9.47 Å². The Labute approximate surface area is 130 Å². The molecule has 5 heteroatoms. The van der Waals surface area contributed by atoms with Gasteiger partial charge in [-0.1, -0.05) is 19.3 Å². The van der Waals surface area contributed by atoms with Gasteiger partial charge in [0.1, 0.15) is 17.1 Å². The van der Waals surface area contributed by atoms with Crippen molar-refractivity contribution in [1.29, 1.82) is 0 Å². The molecule has 1 aromatic rings. The predicted octanol–water partition coefficient (Wildman–Crippen LogP) is 4.23. The molecule has 3 nitrogen and oxygen atoms in total. The van der Waals surface area contributed by atoms with E-state index in [1.165, 1.54) is 6.42 Å². The van der Waals surface area contributed by atoms with Gasteiger partial charge in [0.15, 0.2) is 5.78 Å². The van der Waals surface area contributed by atoms with E-state index in [4.69, 9.17) is 9.47 Å². The molecule has 0 aliphatic heterocycles. The molecule has 1 aliphatic carbocycles. The van der Waals surface area contributed by atoms with Gasteiger partial charge in [-0.15, -0.1) is 9.24 Å².